The molecule has 0 amide bonds. The summed E-state index contributed by atoms with van der Waals surface area (Å²) in [5.41, 5.74) is 3.90. The summed E-state index contributed by atoms with van der Waals surface area (Å²) in [4.78, 5) is 4.54. The standard InChI is InChI=1S/C16H23N3S/c1-12-11-20-16(19-12)13(2)18-10-15-7-5-4-6-14(15)8-9-17-3/h4-7,11,13,17-18H,8-10H2,1-3H3. The van der Waals surface area contributed by atoms with Gasteiger partial charge in [0, 0.05) is 17.6 Å². The number of hydrogen-bond donors (Lipinski definition) is 2. The van der Waals surface area contributed by atoms with Gasteiger partial charge < -0.3 is 10.6 Å². The molecular formula is C16H23N3S. The van der Waals surface area contributed by atoms with Gasteiger partial charge in [-0.15, -0.1) is 11.3 Å². The van der Waals surface area contributed by atoms with Crippen LogP contribution in [0.1, 0.15) is 34.8 Å². The van der Waals surface area contributed by atoms with Crippen molar-refractivity contribution in [1.82, 2.24) is 15.6 Å². The Balaban J connectivity index is 1.96. The first kappa shape index (κ1) is 15.2. The van der Waals surface area contributed by atoms with Gasteiger partial charge in [-0.05, 0) is 45.0 Å². The molecule has 0 fully saturated rings. The number of nitrogens with zero attached hydrogens (tertiary/aromatic N) is 1. The molecular weight excluding hydrogens is 266 g/mol. The van der Waals surface area contributed by atoms with E-state index in [1.54, 1.807) is 11.3 Å². The van der Waals surface area contributed by atoms with E-state index in [0.29, 0.717) is 6.04 Å². The van der Waals surface area contributed by atoms with Crippen molar-refractivity contribution in [2.45, 2.75) is 32.9 Å². The smallest absolute Gasteiger partial charge is 0.110 e. The van der Waals surface area contributed by atoms with Gasteiger partial charge in [0.25, 0.3) is 0 Å². The van der Waals surface area contributed by atoms with Crippen molar-refractivity contribution in [2.75, 3.05) is 13.6 Å². The number of aromatic nitrogens is 1. The average molecular weight is 289 g/mol. The highest BCUT2D eigenvalue weighted by atomic mass is 32.1. The first-order chi connectivity index (χ1) is 9.70. The zero-order valence-electron chi connectivity index (χ0n) is 12.4. The monoisotopic (exact) mass is 289 g/mol. The molecule has 108 valence electrons. The van der Waals surface area contributed by atoms with Crippen molar-refractivity contribution in [1.29, 1.82) is 0 Å². The molecule has 3 nitrogen and oxygen atoms in total. The lowest BCUT2D eigenvalue weighted by molar-refractivity contribution is 0.568. The largest absolute Gasteiger partial charge is 0.319 e. The molecule has 2 N–H and O–H groups in total. The van der Waals surface area contributed by atoms with E-state index in [2.05, 4.69) is 52.2 Å². The molecule has 2 aromatic rings. The second kappa shape index (κ2) is 7.53. The van der Waals surface area contributed by atoms with Crippen molar-refractivity contribution in [3.8, 4) is 0 Å². The number of aryl methyl sites for hydroxylation is 1. The van der Waals surface area contributed by atoms with Gasteiger partial charge in [0.15, 0.2) is 0 Å². The highest BCUT2D eigenvalue weighted by Gasteiger charge is 2.09. The van der Waals surface area contributed by atoms with E-state index < -0.39 is 0 Å². The summed E-state index contributed by atoms with van der Waals surface area (Å²) in [5, 5.41) is 10.0. The molecule has 20 heavy (non-hydrogen) atoms. The summed E-state index contributed by atoms with van der Waals surface area (Å²) in [6.07, 6.45) is 1.07. The van der Waals surface area contributed by atoms with Gasteiger partial charge in [0.05, 0.1) is 6.04 Å². The maximum Gasteiger partial charge on any atom is 0.110 e. The molecule has 1 heterocycles. The lowest BCUT2D eigenvalue weighted by Crippen LogP contribution is -2.19. The minimum atomic E-state index is 0.297. The number of hydrogen-bond acceptors (Lipinski definition) is 4. The highest BCUT2D eigenvalue weighted by molar-refractivity contribution is 7.09. The SMILES string of the molecule is CNCCc1ccccc1CNC(C)c1nc(C)cs1. The Kier molecular flexibility index (Phi) is 5.71. The van der Waals surface area contributed by atoms with Crippen LogP contribution in [0.3, 0.4) is 0 Å². The van der Waals surface area contributed by atoms with Crippen molar-refractivity contribution in [2.24, 2.45) is 0 Å². The fourth-order valence-corrected chi connectivity index (χ4v) is 2.98. The third-order valence-electron chi connectivity index (χ3n) is 3.37. The van der Waals surface area contributed by atoms with Gasteiger partial charge in [0.1, 0.15) is 5.01 Å². The lowest BCUT2D eigenvalue weighted by Gasteiger charge is -2.14. The maximum absolute atomic E-state index is 4.54. The first-order valence-electron chi connectivity index (χ1n) is 7.07. The fourth-order valence-electron chi connectivity index (χ4n) is 2.15. The minimum absolute atomic E-state index is 0.297. The molecule has 4 heteroatoms. The topological polar surface area (TPSA) is 37.0 Å². The number of rotatable bonds is 7. The van der Waals surface area contributed by atoms with E-state index in [1.807, 2.05) is 14.0 Å². The predicted octanol–water partition coefficient (Wildman–Crippen LogP) is 3.06. The van der Waals surface area contributed by atoms with Crippen LogP contribution < -0.4 is 10.6 Å². The zero-order chi connectivity index (χ0) is 14.4. The molecule has 0 bridgehead atoms. The molecule has 0 aliphatic heterocycles. The van der Waals surface area contributed by atoms with Crippen molar-refractivity contribution in [3.63, 3.8) is 0 Å². The molecule has 0 saturated carbocycles. The molecule has 0 aliphatic carbocycles. The quantitative estimate of drug-likeness (QED) is 0.822. The Labute approximate surface area is 125 Å². The van der Waals surface area contributed by atoms with Crippen LogP contribution in [0.5, 0.6) is 0 Å². The summed E-state index contributed by atoms with van der Waals surface area (Å²) < 4.78 is 0. The molecule has 0 saturated heterocycles. The summed E-state index contributed by atoms with van der Waals surface area (Å²) in [5.74, 6) is 0. The van der Waals surface area contributed by atoms with Crippen LogP contribution in [0.25, 0.3) is 0 Å². The van der Waals surface area contributed by atoms with Crippen LogP contribution >= 0.6 is 11.3 Å². The molecule has 1 aromatic carbocycles. The number of benzene rings is 1. The van der Waals surface area contributed by atoms with E-state index in [0.717, 1.165) is 30.2 Å². The van der Waals surface area contributed by atoms with E-state index in [-0.39, 0.29) is 0 Å². The third-order valence-corrected chi connectivity index (χ3v) is 4.51. The highest BCUT2D eigenvalue weighted by Crippen LogP contribution is 2.18. The van der Waals surface area contributed by atoms with E-state index in [9.17, 15) is 0 Å². The van der Waals surface area contributed by atoms with Gasteiger partial charge in [-0.25, -0.2) is 4.98 Å². The van der Waals surface area contributed by atoms with Crippen LogP contribution in [0.4, 0.5) is 0 Å². The van der Waals surface area contributed by atoms with Gasteiger partial charge >= 0.3 is 0 Å². The zero-order valence-corrected chi connectivity index (χ0v) is 13.3. The minimum Gasteiger partial charge on any atom is -0.319 e. The lowest BCUT2D eigenvalue weighted by atomic mass is 10.0. The Morgan fingerprint density at radius 2 is 2.00 bits per heavy atom. The van der Waals surface area contributed by atoms with E-state index >= 15 is 0 Å². The predicted molar refractivity (Wildman–Crippen MR) is 86.2 cm³/mol. The third kappa shape index (κ3) is 4.13. The molecule has 1 aromatic heterocycles. The summed E-state index contributed by atoms with van der Waals surface area (Å²) in [6, 6.07) is 8.94. The molecule has 1 atom stereocenters. The molecule has 0 radical (unpaired) electrons. The second-order valence-electron chi connectivity index (χ2n) is 5.05. The van der Waals surface area contributed by atoms with Crippen molar-refractivity contribution in [3.05, 3.63) is 51.5 Å². The van der Waals surface area contributed by atoms with Crippen molar-refractivity contribution >= 4 is 11.3 Å². The van der Waals surface area contributed by atoms with Crippen LogP contribution in [-0.2, 0) is 13.0 Å². The number of thiazole rings is 1. The Morgan fingerprint density at radius 3 is 2.65 bits per heavy atom. The van der Waals surface area contributed by atoms with Crippen LogP contribution in [-0.4, -0.2) is 18.6 Å². The summed E-state index contributed by atoms with van der Waals surface area (Å²) in [6.45, 7) is 6.12. The number of likely N-dealkylation sites (N-methyl/N-ethyl adjacent to an activating group) is 1. The van der Waals surface area contributed by atoms with Crippen LogP contribution in [0, 0.1) is 6.92 Å². The maximum atomic E-state index is 4.54. The van der Waals surface area contributed by atoms with Gasteiger partial charge in [-0.2, -0.15) is 0 Å². The van der Waals surface area contributed by atoms with E-state index in [4.69, 9.17) is 0 Å². The Hall–Kier alpha value is -1.23. The summed E-state index contributed by atoms with van der Waals surface area (Å²) >= 11 is 1.73. The Morgan fingerprint density at radius 1 is 1.25 bits per heavy atom. The Bertz CT molecular complexity index is 536. The van der Waals surface area contributed by atoms with Gasteiger partial charge in [-0.3, -0.25) is 0 Å². The number of nitrogens with one attached hydrogen (secondary N) is 2. The molecule has 1 unspecified atom stereocenters. The van der Waals surface area contributed by atoms with Crippen molar-refractivity contribution < 1.29 is 0 Å². The fraction of sp³-hybridized carbons (Fsp3) is 0.438. The van der Waals surface area contributed by atoms with Crippen LogP contribution in [0.15, 0.2) is 29.6 Å². The molecule has 0 spiro atoms. The average Bonchev–Trinajstić information content (AvgIpc) is 2.90. The molecule has 0 aliphatic rings. The molecule has 2 rings (SSSR count). The van der Waals surface area contributed by atoms with Gasteiger partial charge in [-0.1, -0.05) is 24.3 Å². The summed E-state index contributed by atoms with van der Waals surface area (Å²) in [7, 11) is 1.99. The second-order valence-corrected chi connectivity index (χ2v) is 5.94. The first-order valence-corrected chi connectivity index (χ1v) is 7.95. The van der Waals surface area contributed by atoms with E-state index in [1.165, 1.54) is 11.1 Å². The van der Waals surface area contributed by atoms with Gasteiger partial charge in [0.2, 0.25) is 0 Å². The normalized spacial score (nSPS) is 12.6. The van der Waals surface area contributed by atoms with Crippen LogP contribution in [0.2, 0.25) is 0 Å².